The Balaban J connectivity index is 1.76. The minimum atomic E-state index is -1.20. The number of aliphatic hydroxyl groups is 1. The highest BCUT2D eigenvalue weighted by Crippen LogP contribution is 2.49. The van der Waals surface area contributed by atoms with Gasteiger partial charge in [0.05, 0.1) is 22.3 Å². The van der Waals surface area contributed by atoms with Crippen LogP contribution in [0.3, 0.4) is 0 Å². The van der Waals surface area contributed by atoms with Crippen LogP contribution in [0, 0.1) is 0 Å². The van der Waals surface area contributed by atoms with Gasteiger partial charge < -0.3 is 18.7 Å². The van der Waals surface area contributed by atoms with Crippen LogP contribution in [0.1, 0.15) is 24.4 Å². The molecule has 148 valence electrons. The molecule has 4 rings (SSSR count). The van der Waals surface area contributed by atoms with E-state index >= 15 is 0 Å². The third-order valence-electron chi connectivity index (χ3n) is 5.49. The molecule has 0 aliphatic carbocycles. The summed E-state index contributed by atoms with van der Waals surface area (Å²) in [5.41, 5.74) is 1.50. The molecule has 1 aromatic heterocycles. The zero-order valence-electron chi connectivity index (χ0n) is 16.1. The van der Waals surface area contributed by atoms with Crippen molar-refractivity contribution in [3.05, 3.63) is 53.0 Å². The maximum absolute atomic E-state index is 11.9. The van der Waals surface area contributed by atoms with Crippen molar-refractivity contribution in [2.24, 2.45) is 0 Å². The molecule has 0 spiro atoms. The largest absolute Gasteiger partial charge is 0.418 e. The number of benzene rings is 2. The maximum atomic E-state index is 11.9. The zero-order chi connectivity index (χ0) is 19.7. The van der Waals surface area contributed by atoms with Gasteiger partial charge in [-0.2, -0.15) is 0 Å². The molecule has 28 heavy (non-hydrogen) atoms. The number of hydrogen-bond acceptors (Lipinski definition) is 6. The number of rotatable bonds is 7. The molecule has 0 saturated heterocycles. The Morgan fingerprint density at radius 2 is 2.00 bits per heavy atom. The maximum Gasteiger partial charge on any atom is 0.179 e. The lowest BCUT2D eigenvalue weighted by atomic mass is 9.96. The Morgan fingerprint density at radius 1 is 1.21 bits per heavy atom. The molecule has 0 amide bonds. The van der Waals surface area contributed by atoms with Crippen LogP contribution in [0.25, 0.3) is 10.2 Å². The Kier molecular flexibility index (Phi) is 5.60. The fraction of sp³-hybridized carbons (Fsp3) is 0.381. The van der Waals surface area contributed by atoms with Gasteiger partial charge in [0.25, 0.3) is 0 Å². The molecular weight excluding hydrogens is 438 g/mol. The molecule has 1 aliphatic heterocycles. The average molecular weight is 462 g/mol. The highest BCUT2D eigenvalue weighted by Gasteiger charge is 2.47. The second-order valence-corrected chi connectivity index (χ2v) is 8.38. The lowest BCUT2D eigenvalue weighted by Gasteiger charge is -2.26. The molecule has 7 heteroatoms. The third kappa shape index (κ3) is 3.30. The number of hydrogen-bond donors (Lipinski definition) is 1. The average Bonchev–Trinajstić information content (AvgIpc) is 3.29. The standard InChI is InChI=1S/C21H24BrN3O2S/c1-3-24(4-2)12-13-25-14-21(26,19-16(25)9-7-10-17(19)27-22)20-23-15-8-5-6-11-18(15)28-20/h5-11,26H,3-4,12-14H2,1-2H3. The monoisotopic (exact) mass is 461 g/mol. The first kappa shape index (κ1) is 19.6. The lowest BCUT2D eigenvalue weighted by Crippen LogP contribution is -2.39. The number of aromatic nitrogens is 1. The Hall–Kier alpha value is -1.67. The van der Waals surface area contributed by atoms with Crippen molar-refractivity contribution in [2.75, 3.05) is 37.6 Å². The quantitative estimate of drug-likeness (QED) is 0.565. The molecule has 2 heterocycles. The number of nitrogens with zero attached hydrogens (tertiary/aromatic N) is 3. The van der Waals surface area contributed by atoms with E-state index in [0.717, 1.165) is 47.6 Å². The van der Waals surface area contributed by atoms with Crippen molar-refractivity contribution in [1.29, 1.82) is 0 Å². The Labute approximate surface area is 178 Å². The summed E-state index contributed by atoms with van der Waals surface area (Å²) in [6.45, 7) is 8.64. The van der Waals surface area contributed by atoms with Gasteiger partial charge >= 0.3 is 0 Å². The van der Waals surface area contributed by atoms with Gasteiger partial charge in [-0.1, -0.05) is 32.0 Å². The first-order valence-corrected chi connectivity index (χ1v) is 11.0. The van der Waals surface area contributed by atoms with Crippen molar-refractivity contribution >= 4 is 43.5 Å². The number of β-amino-alcohol motifs (C(OH)–C–C–N with tert-alkyl or cyclic N) is 1. The summed E-state index contributed by atoms with van der Waals surface area (Å²) in [5, 5.41) is 12.6. The highest BCUT2D eigenvalue weighted by atomic mass is 79.9. The number of anilines is 1. The van der Waals surface area contributed by atoms with Crippen LogP contribution in [0.5, 0.6) is 5.75 Å². The molecule has 2 aromatic carbocycles. The van der Waals surface area contributed by atoms with Crippen molar-refractivity contribution in [1.82, 2.24) is 9.88 Å². The minimum absolute atomic E-state index is 0.469. The Bertz CT molecular complexity index is 942. The summed E-state index contributed by atoms with van der Waals surface area (Å²) < 4.78 is 6.53. The van der Waals surface area contributed by atoms with E-state index in [2.05, 4.69) is 46.0 Å². The predicted octanol–water partition coefficient (Wildman–Crippen LogP) is 4.38. The number of halogens is 1. The van der Waals surface area contributed by atoms with Gasteiger partial charge in [-0.25, -0.2) is 4.98 Å². The predicted molar refractivity (Wildman–Crippen MR) is 119 cm³/mol. The smallest absolute Gasteiger partial charge is 0.179 e. The normalized spacial score (nSPS) is 18.8. The van der Waals surface area contributed by atoms with Gasteiger partial charge in [0.15, 0.2) is 21.9 Å². The van der Waals surface area contributed by atoms with Crippen molar-refractivity contribution < 1.29 is 8.93 Å². The van der Waals surface area contributed by atoms with Gasteiger partial charge in [0, 0.05) is 18.8 Å². The zero-order valence-corrected chi connectivity index (χ0v) is 18.5. The van der Waals surface area contributed by atoms with E-state index in [1.54, 1.807) is 11.3 Å². The second-order valence-electron chi connectivity index (χ2n) is 7.02. The van der Waals surface area contributed by atoms with Gasteiger partial charge in [0.1, 0.15) is 10.8 Å². The summed E-state index contributed by atoms with van der Waals surface area (Å²) in [4.78, 5) is 9.40. The molecule has 1 unspecified atom stereocenters. The summed E-state index contributed by atoms with van der Waals surface area (Å²) in [6.07, 6.45) is 0. The molecular formula is C21H24BrN3O2S. The number of para-hydroxylation sites is 1. The molecule has 1 aliphatic rings. The molecule has 5 nitrogen and oxygen atoms in total. The summed E-state index contributed by atoms with van der Waals surface area (Å²) in [5.74, 6) is 0.629. The van der Waals surface area contributed by atoms with E-state index < -0.39 is 5.60 Å². The molecule has 0 saturated carbocycles. The summed E-state index contributed by atoms with van der Waals surface area (Å²) in [6, 6.07) is 13.9. The minimum Gasteiger partial charge on any atom is -0.418 e. The molecule has 1 atom stereocenters. The van der Waals surface area contributed by atoms with Crippen molar-refractivity contribution in [3.63, 3.8) is 0 Å². The van der Waals surface area contributed by atoms with E-state index in [0.29, 0.717) is 17.3 Å². The Morgan fingerprint density at radius 3 is 2.71 bits per heavy atom. The summed E-state index contributed by atoms with van der Waals surface area (Å²) >= 11 is 4.66. The molecule has 3 aromatic rings. The van der Waals surface area contributed by atoms with Crippen molar-refractivity contribution in [3.8, 4) is 5.75 Å². The number of likely N-dealkylation sites (N-methyl/N-ethyl adjacent to an activating group) is 1. The lowest BCUT2D eigenvalue weighted by molar-refractivity contribution is 0.0961. The molecule has 0 fully saturated rings. The fourth-order valence-electron chi connectivity index (χ4n) is 3.93. The van der Waals surface area contributed by atoms with E-state index in [1.165, 1.54) is 0 Å². The van der Waals surface area contributed by atoms with Crippen LogP contribution in [-0.4, -0.2) is 47.7 Å². The van der Waals surface area contributed by atoms with Crippen LogP contribution in [0.15, 0.2) is 42.5 Å². The first-order valence-electron chi connectivity index (χ1n) is 9.58. The SMILES string of the molecule is CCN(CC)CCN1CC(O)(c2nc3ccccc3s2)c2c(OBr)cccc21. The van der Waals surface area contributed by atoms with E-state index in [4.69, 9.17) is 8.81 Å². The van der Waals surface area contributed by atoms with Crippen LogP contribution < -0.4 is 8.73 Å². The first-order chi connectivity index (χ1) is 13.6. The van der Waals surface area contributed by atoms with Crippen LogP contribution >= 0.6 is 27.6 Å². The van der Waals surface area contributed by atoms with E-state index in [1.807, 2.05) is 36.4 Å². The summed E-state index contributed by atoms with van der Waals surface area (Å²) in [7, 11) is 0. The van der Waals surface area contributed by atoms with E-state index in [-0.39, 0.29) is 0 Å². The topological polar surface area (TPSA) is 48.8 Å². The van der Waals surface area contributed by atoms with Gasteiger partial charge in [-0.05, 0) is 37.4 Å². The van der Waals surface area contributed by atoms with Crippen LogP contribution in [-0.2, 0) is 5.60 Å². The fourth-order valence-corrected chi connectivity index (χ4v) is 5.25. The number of fused-ring (bicyclic) bond motifs is 2. The highest BCUT2D eigenvalue weighted by molar-refractivity contribution is 9.06. The van der Waals surface area contributed by atoms with Gasteiger partial charge in [0.2, 0.25) is 0 Å². The van der Waals surface area contributed by atoms with E-state index in [9.17, 15) is 5.11 Å². The van der Waals surface area contributed by atoms with Gasteiger partial charge in [-0.3, -0.25) is 0 Å². The molecule has 1 N–H and O–H groups in total. The van der Waals surface area contributed by atoms with Crippen molar-refractivity contribution in [2.45, 2.75) is 19.4 Å². The third-order valence-corrected chi connectivity index (χ3v) is 7.03. The molecule has 0 bridgehead atoms. The molecule has 0 radical (unpaired) electrons. The van der Waals surface area contributed by atoms with Crippen LogP contribution in [0.4, 0.5) is 5.69 Å². The van der Waals surface area contributed by atoms with Crippen LogP contribution in [0.2, 0.25) is 0 Å². The number of thiazole rings is 1. The van der Waals surface area contributed by atoms with Gasteiger partial charge in [-0.15, -0.1) is 11.3 Å². The second kappa shape index (κ2) is 7.99.